The lowest BCUT2D eigenvalue weighted by molar-refractivity contribution is -0.851. The highest BCUT2D eigenvalue weighted by molar-refractivity contribution is 4.80. The van der Waals surface area contributed by atoms with Gasteiger partial charge < -0.3 is 17.3 Å². The molecule has 0 atom stereocenters. The van der Waals surface area contributed by atoms with Crippen molar-refractivity contribution in [3.05, 3.63) is 12.2 Å². The summed E-state index contributed by atoms with van der Waals surface area (Å²) in [5.41, 5.74) is 0. The van der Waals surface area contributed by atoms with E-state index in [9.17, 15) is 0 Å². The third-order valence-corrected chi connectivity index (χ3v) is 4.42. The van der Waals surface area contributed by atoms with Gasteiger partial charge in [-0.1, -0.05) is 96.5 Å². The Bertz CT molecular complexity index is 226. The molecule has 0 unspecified atom stereocenters. The van der Waals surface area contributed by atoms with Crippen molar-refractivity contribution in [1.82, 2.24) is 0 Å². The summed E-state index contributed by atoms with van der Waals surface area (Å²) in [6.45, 7) is 3.46. The molecule has 0 fully saturated rings. The van der Waals surface area contributed by atoms with Crippen molar-refractivity contribution >= 4 is 0 Å². The van der Waals surface area contributed by atoms with E-state index in [1.54, 1.807) is 0 Å². The Labute approximate surface area is 153 Å². The standard InChI is InChI=1S/C21H43N.ClH/c1-4-5-6-7-8-9-10-11-12-13-14-15-16-17-18-19-20-21-22(2)3;/h19-20H,4-18,21H2,1-3H3;1H. The number of quaternary nitrogens is 1. The summed E-state index contributed by atoms with van der Waals surface area (Å²) in [4.78, 5) is 1.51. The zero-order chi connectivity index (χ0) is 16.3. The summed E-state index contributed by atoms with van der Waals surface area (Å²) in [6.07, 6.45) is 26.3. The van der Waals surface area contributed by atoms with Gasteiger partial charge in [-0.2, -0.15) is 0 Å². The molecule has 1 N–H and O–H groups in total. The van der Waals surface area contributed by atoms with E-state index in [0.29, 0.717) is 0 Å². The zero-order valence-corrected chi connectivity index (χ0v) is 17.1. The Morgan fingerprint density at radius 2 is 0.957 bits per heavy atom. The first kappa shape index (κ1) is 25.2. The van der Waals surface area contributed by atoms with Gasteiger partial charge in [-0.25, -0.2) is 0 Å². The van der Waals surface area contributed by atoms with E-state index in [0.717, 1.165) is 0 Å². The van der Waals surface area contributed by atoms with Crippen LogP contribution in [-0.4, -0.2) is 20.6 Å². The van der Waals surface area contributed by atoms with E-state index in [1.165, 1.54) is 108 Å². The van der Waals surface area contributed by atoms with Crippen LogP contribution in [0.1, 0.15) is 103 Å². The van der Waals surface area contributed by atoms with Gasteiger partial charge in [-0.3, -0.25) is 0 Å². The fourth-order valence-corrected chi connectivity index (χ4v) is 2.89. The molecule has 0 aliphatic heterocycles. The molecular formula is C21H44ClN. The molecule has 0 bridgehead atoms. The van der Waals surface area contributed by atoms with Crippen molar-refractivity contribution in [3.8, 4) is 0 Å². The second-order valence-corrected chi connectivity index (χ2v) is 7.27. The van der Waals surface area contributed by atoms with E-state index in [1.807, 2.05) is 0 Å². The van der Waals surface area contributed by atoms with Gasteiger partial charge in [-0.15, -0.1) is 0 Å². The number of nitrogens with one attached hydrogen (secondary N) is 1. The van der Waals surface area contributed by atoms with Crippen LogP contribution in [0.25, 0.3) is 0 Å². The van der Waals surface area contributed by atoms with Crippen LogP contribution in [-0.2, 0) is 0 Å². The van der Waals surface area contributed by atoms with Crippen molar-refractivity contribution in [2.75, 3.05) is 20.6 Å². The average molecular weight is 346 g/mol. The largest absolute Gasteiger partial charge is 1.00 e. The number of allylic oxidation sites excluding steroid dienone is 1. The number of likely N-dealkylation sites (N-methyl/N-ethyl adjacent to an activating group) is 1. The highest BCUT2D eigenvalue weighted by Gasteiger charge is 1.93. The van der Waals surface area contributed by atoms with Crippen LogP contribution < -0.4 is 17.3 Å². The van der Waals surface area contributed by atoms with Crippen molar-refractivity contribution in [3.63, 3.8) is 0 Å². The van der Waals surface area contributed by atoms with Gasteiger partial charge in [0.25, 0.3) is 0 Å². The summed E-state index contributed by atoms with van der Waals surface area (Å²) in [6, 6.07) is 0. The SMILES string of the molecule is CCCCCCCCCCCCCCCCC=CC[NH+](C)C.[Cl-]. The molecule has 0 rings (SSSR count). The van der Waals surface area contributed by atoms with Gasteiger partial charge in [0.05, 0.1) is 20.6 Å². The number of hydrogen-bond donors (Lipinski definition) is 1. The van der Waals surface area contributed by atoms with Gasteiger partial charge in [0, 0.05) is 0 Å². The predicted molar refractivity (Wildman–Crippen MR) is 102 cm³/mol. The molecular weight excluding hydrogens is 302 g/mol. The van der Waals surface area contributed by atoms with Gasteiger partial charge >= 0.3 is 0 Å². The molecule has 23 heavy (non-hydrogen) atoms. The summed E-state index contributed by atoms with van der Waals surface area (Å²) >= 11 is 0. The van der Waals surface area contributed by atoms with Crippen molar-refractivity contribution in [2.24, 2.45) is 0 Å². The minimum Gasteiger partial charge on any atom is -1.00 e. The molecule has 1 nitrogen and oxygen atoms in total. The summed E-state index contributed by atoms with van der Waals surface area (Å²) < 4.78 is 0. The van der Waals surface area contributed by atoms with Crippen LogP contribution in [0.5, 0.6) is 0 Å². The minimum atomic E-state index is 0. The van der Waals surface area contributed by atoms with Crippen LogP contribution in [0.3, 0.4) is 0 Å². The van der Waals surface area contributed by atoms with Crippen LogP contribution in [0, 0.1) is 0 Å². The molecule has 0 radical (unpaired) electrons. The highest BCUT2D eigenvalue weighted by Crippen LogP contribution is 2.13. The number of hydrogen-bond acceptors (Lipinski definition) is 0. The van der Waals surface area contributed by atoms with E-state index in [-0.39, 0.29) is 12.4 Å². The van der Waals surface area contributed by atoms with Gasteiger partial charge in [0.15, 0.2) is 0 Å². The Kier molecular flexibility index (Phi) is 24.1. The first-order chi connectivity index (χ1) is 10.8. The molecule has 0 amide bonds. The Morgan fingerprint density at radius 1 is 0.565 bits per heavy atom. The van der Waals surface area contributed by atoms with Crippen LogP contribution >= 0.6 is 0 Å². The molecule has 0 aliphatic carbocycles. The molecule has 0 spiro atoms. The van der Waals surface area contributed by atoms with E-state index >= 15 is 0 Å². The quantitative estimate of drug-likeness (QED) is 0.305. The molecule has 140 valence electrons. The van der Waals surface area contributed by atoms with Crippen LogP contribution in [0.4, 0.5) is 0 Å². The summed E-state index contributed by atoms with van der Waals surface area (Å²) in [5, 5.41) is 0. The smallest absolute Gasteiger partial charge is 0.0953 e. The molecule has 0 saturated heterocycles. The molecule has 0 aliphatic rings. The summed E-state index contributed by atoms with van der Waals surface area (Å²) in [7, 11) is 4.41. The molecule has 0 heterocycles. The molecule has 0 aromatic rings. The fraction of sp³-hybridized carbons (Fsp3) is 0.905. The predicted octanol–water partition coefficient (Wildman–Crippen LogP) is 2.56. The van der Waals surface area contributed by atoms with Crippen molar-refractivity contribution < 1.29 is 17.3 Å². The van der Waals surface area contributed by atoms with Gasteiger partial charge in [-0.05, 0) is 18.9 Å². The molecule has 2 heteroatoms. The molecule has 0 saturated carbocycles. The first-order valence-electron chi connectivity index (χ1n) is 10.2. The summed E-state index contributed by atoms with van der Waals surface area (Å²) in [5.74, 6) is 0. The molecule has 0 aromatic carbocycles. The van der Waals surface area contributed by atoms with E-state index in [2.05, 4.69) is 33.2 Å². The van der Waals surface area contributed by atoms with Crippen molar-refractivity contribution in [2.45, 2.75) is 103 Å². The second-order valence-electron chi connectivity index (χ2n) is 7.27. The van der Waals surface area contributed by atoms with E-state index < -0.39 is 0 Å². The van der Waals surface area contributed by atoms with Crippen LogP contribution in [0.15, 0.2) is 12.2 Å². The lowest BCUT2D eigenvalue weighted by Gasteiger charge is -2.03. The average Bonchev–Trinajstić information content (AvgIpc) is 2.50. The van der Waals surface area contributed by atoms with Gasteiger partial charge in [0.2, 0.25) is 0 Å². The number of unbranched alkanes of at least 4 members (excludes halogenated alkanes) is 14. The monoisotopic (exact) mass is 345 g/mol. The Morgan fingerprint density at radius 3 is 1.35 bits per heavy atom. The number of halogens is 1. The van der Waals surface area contributed by atoms with Crippen molar-refractivity contribution in [1.29, 1.82) is 0 Å². The Balaban J connectivity index is 0. The number of rotatable bonds is 17. The maximum Gasteiger partial charge on any atom is 0.0953 e. The normalized spacial score (nSPS) is 11.3. The third kappa shape index (κ3) is 24.4. The Hall–Kier alpha value is -0.0100. The lowest BCUT2D eigenvalue weighted by atomic mass is 10.0. The first-order valence-corrected chi connectivity index (χ1v) is 10.2. The second kappa shape index (κ2) is 22.0. The van der Waals surface area contributed by atoms with E-state index in [4.69, 9.17) is 0 Å². The molecule has 0 aromatic heterocycles. The zero-order valence-electron chi connectivity index (χ0n) is 16.3. The lowest BCUT2D eigenvalue weighted by Crippen LogP contribution is -3.05. The minimum absolute atomic E-state index is 0. The maximum absolute atomic E-state index is 2.37. The fourth-order valence-electron chi connectivity index (χ4n) is 2.89. The van der Waals surface area contributed by atoms with Crippen LogP contribution in [0.2, 0.25) is 0 Å². The maximum atomic E-state index is 2.37. The van der Waals surface area contributed by atoms with Gasteiger partial charge in [0.1, 0.15) is 0 Å². The third-order valence-electron chi connectivity index (χ3n) is 4.42. The topological polar surface area (TPSA) is 4.44 Å². The highest BCUT2D eigenvalue weighted by atomic mass is 35.5.